The smallest absolute Gasteiger partial charge is 0.358 e. The van der Waals surface area contributed by atoms with Crippen molar-refractivity contribution in [3.63, 3.8) is 0 Å². The summed E-state index contributed by atoms with van der Waals surface area (Å²) in [6.45, 7) is 4.53. The van der Waals surface area contributed by atoms with E-state index < -0.39 is 5.97 Å². The van der Waals surface area contributed by atoms with Crippen molar-refractivity contribution in [1.29, 1.82) is 0 Å². The number of aromatic carboxylic acids is 1. The molecule has 0 aliphatic carbocycles. The Balaban J connectivity index is 1.74. The van der Waals surface area contributed by atoms with Crippen LogP contribution in [0.25, 0.3) is 0 Å². The SMILES string of the molecule is CC(NCCn1cc(C(=O)O)nn1)C(=O)N1CCCC1. The largest absolute Gasteiger partial charge is 0.476 e. The van der Waals surface area contributed by atoms with E-state index in [4.69, 9.17) is 5.11 Å². The van der Waals surface area contributed by atoms with Gasteiger partial charge in [-0.05, 0) is 19.8 Å². The molecule has 1 aromatic rings. The summed E-state index contributed by atoms with van der Waals surface area (Å²) < 4.78 is 1.45. The Morgan fingerprint density at radius 3 is 2.75 bits per heavy atom. The molecular formula is C12H19N5O3. The summed E-state index contributed by atoms with van der Waals surface area (Å²) in [6.07, 6.45) is 3.53. The number of nitrogens with zero attached hydrogens (tertiary/aromatic N) is 4. The van der Waals surface area contributed by atoms with Crippen molar-refractivity contribution in [2.45, 2.75) is 32.4 Å². The maximum atomic E-state index is 12.0. The maximum absolute atomic E-state index is 12.0. The molecule has 0 saturated carbocycles. The lowest BCUT2D eigenvalue weighted by Crippen LogP contribution is -2.44. The van der Waals surface area contributed by atoms with Gasteiger partial charge < -0.3 is 15.3 Å². The molecule has 1 aromatic heterocycles. The van der Waals surface area contributed by atoms with Crippen LogP contribution in [0.4, 0.5) is 0 Å². The Morgan fingerprint density at radius 1 is 1.45 bits per heavy atom. The topological polar surface area (TPSA) is 100 Å². The van der Waals surface area contributed by atoms with Crippen molar-refractivity contribution < 1.29 is 14.7 Å². The van der Waals surface area contributed by atoms with Gasteiger partial charge in [0.2, 0.25) is 5.91 Å². The third-order valence-electron chi connectivity index (χ3n) is 3.34. The van der Waals surface area contributed by atoms with Crippen molar-refractivity contribution >= 4 is 11.9 Å². The zero-order valence-corrected chi connectivity index (χ0v) is 11.4. The molecule has 1 unspecified atom stereocenters. The Kier molecular flexibility index (Phi) is 4.67. The number of carboxylic acids is 1. The van der Waals surface area contributed by atoms with E-state index in [2.05, 4.69) is 15.6 Å². The maximum Gasteiger partial charge on any atom is 0.358 e. The number of amides is 1. The first-order valence-corrected chi connectivity index (χ1v) is 6.73. The fourth-order valence-corrected chi connectivity index (χ4v) is 2.20. The number of rotatable bonds is 6. The van der Waals surface area contributed by atoms with Crippen LogP contribution < -0.4 is 5.32 Å². The number of carbonyl (C=O) groups excluding carboxylic acids is 1. The first-order valence-electron chi connectivity index (χ1n) is 6.73. The van der Waals surface area contributed by atoms with Gasteiger partial charge in [-0.2, -0.15) is 0 Å². The number of carboxylic acid groups (broad SMARTS) is 1. The Bertz CT molecular complexity index is 481. The summed E-state index contributed by atoms with van der Waals surface area (Å²) >= 11 is 0. The van der Waals surface area contributed by atoms with Gasteiger partial charge in [-0.3, -0.25) is 9.48 Å². The van der Waals surface area contributed by atoms with Gasteiger partial charge in [0.1, 0.15) is 0 Å². The Labute approximate surface area is 116 Å². The van der Waals surface area contributed by atoms with E-state index in [1.54, 1.807) is 0 Å². The van der Waals surface area contributed by atoms with Crippen molar-refractivity contribution in [3.8, 4) is 0 Å². The van der Waals surface area contributed by atoms with Crippen LogP contribution in [0.15, 0.2) is 6.20 Å². The van der Waals surface area contributed by atoms with E-state index in [0.717, 1.165) is 25.9 Å². The third-order valence-corrected chi connectivity index (χ3v) is 3.34. The van der Waals surface area contributed by atoms with Crippen LogP contribution in [-0.2, 0) is 11.3 Å². The molecule has 0 aromatic carbocycles. The molecule has 1 aliphatic heterocycles. The molecule has 1 fully saturated rings. The predicted octanol–water partition coefficient (Wildman–Crippen LogP) is -0.423. The molecule has 2 heterocycles. The molecule has 1 aliphatic rings. The highest BCUT2D eigenvalue weighted by Crippen LogP contribution is 2.08. The molecule has 0 radical (unpaired) electrons. The van der Waals surface area contributed by atoms with E-state index >= 15 is 0 Å². The van der Waals surface area contributed by atoms with Crippen LogP contribution in [0.1, 0.15) is 30.3 Å². The number of hydrogen-bond donors (Lipinski definition) is 2. The summed E-state index contributed by atoms with van der Waals surface area (Å²) in [4.78, 5) is 24.6. The summed E-state index contributed by atoms with van der Waals surface area (Å²) in [7, 11) is 0. The highest BCUT2D eigenvalue weighted by molar-refractivity contribution is 5.84. The van der Waals surface area contributed by atoms with Gasteiger partial charge >= 0.3 is 5.97 Å². The van der Waals surface area contributed by atoms with Crippen LogP contribution in [0.2, 0.25) is 0 Å². The lowest BCUT2D eigenvalue weighted by atomic mass is 10.3. The molecule has 110 valence electrons. The van der Waals surface area contributed by atoms with Crippen molar-refractivity contribution in [3.05, 3.63) is 11.9 Å². The van der Waals surface area contributed by atoms with Gasteiger partial charge in [0, 0.05) is 19.6 Å². The van der Waals surface area contributed by atoms with E-state index in [1.165, 1.54) is 10.9 Å². The van der Waals surface area contributed by atoms with E-state index in [0.29, 0.717) is 13.1 Å². The Hall–Kier alpha value is -1.96. The number of hydrogen-bond acceptors (Lipinski definition) is 5. The predicted molar refractivity (Wildman–Crippen MR) is 70.3 cm³/mol. The van der Waals surface area contributed by atoms with Crippen molar-refractivity contribution in [1.82, 2.24) is 25.2 Å². The molecule has 8 heteroatoms. The average Bonchev–Trinajstić information content (AvgIpc) is 3.08. The standard InChI is InChI=1S/C12H19N5O3/c1-9(11(18)16-5-2-3-6-16)13-4-7-17-8-10(12(19)20)14-15-17/h8-9,13H,2-7H2,1H3,(H,19,20). The summed E-state index contributed by atoms with van der Waals surface area (Å²) in [5.74, 6) is -0.978. The summed E-state index contributed by atoms with van der Waals surface area (Å²) in [5.41, 5.74) is -0.0776. The molecule has 8 nitrogen and oxygen atoms in total. The normalized spacial score (nSPS) is 16.4. The molecule has 1 saturated heterocycles. The first-order chi connectivity index (χ1) is 9.58. The fraction of sp³-hybridized carbons (Fsp3) is 0.667. The zero-order chi connectivity index (χ0) is 14.5. The van der Waals surface area contributed by atoms with Gasteiger partial charge in [0.05, 0.1) is 18.8 Å². The number of nitrogens with one attached hydrogen (secondary N) is 1. The molecule has 2 N–H and O–H groups in total. The van der Waals surface area contributed by atoms with Gasteiger partial charge in [0.25, 0.3) is 0 Å². The highest BCUT2D eigenvalue weighted by atomic mass is 16.4. The number of aromatic nitrogens is 3. The lowest BCUT2D eigenvalue weighted by molar-refractivity contribution is -0.131. The molecule has 1 amide bonds. The summed E-state index contributed by atoms with van der Waals surface area (Å²) in [5, 5.41) is 19.1. The molecule has 2 rings (SSSR count). The monoisotopic (exact) mass is 281 g/mol. The van der Waals surface area contributed by atoms with Gasteiger partial charge in [0.15, 0.2) is 5.69 Å². The van der Waals surface area contributed by atoms with E-state index in [9.17, 15) is 9.59 Å². The second-order valence-electron chi connectivity index (χ2n) is 4.88. The minimum atomic E-state index is -1.10. The van der Waals surface area contributed by atoms with Crippen LogP contribution in [0.5, 0.6) is 0 Å². The van der Waals surface area contributed by atoms with Gasteiger partial charge in [-0.15, -0.1) is 5.10 Å². The highest BCUT2D eigenvalue weighted by Gasteiger charge is 2.22. The Morgan fingerprint density at radius 2 is 2.15 bits per heavy atom. The van der Waals surface area contributed by atoms with Gasteiger partial charge in [-0.25, -0.2) is 4.79 Å². The van der Waals surface area contributed by atoms with E-state index in [-0.39, 0.29) is 17.6 Å². The van der Waals surface area contributed by atoms with Crippen LogP contribution >= 0.6 is 0 Å². The second-order valence-corrected chi connectivity index (χ2v) is 4.88. The lowest BCUT2D eigenvalue weighted by Gasteiger charge is -2.21. The number of likely N-dealkylation sites (tertiary alicyclic amines) is 1. The van der Waals surface area contributed by atoms with Crippen molar-refractivity contribution in [2.75, 3.05) is 19.6 Å². The minimum Gasteiger partial charge on any atom is -0.476 e. The second kappa shape index (κ2) is 6.47. The number of carbonyl (C=O) groups is 2. The van der Waals surface area contributed by atoms with Gasteiger partial charge in [-0.1, -0.05) is 5.21 Å². The third kappa shape index (κ3) is 3.53. The summed E-state index contributed by atoms with van der Waals surface area (Å²) in [6, 6.07) is -0.240. The first kappa shape index (κ1) is 14.4. The molecule has 20 heavy (non-hydrogen) atoms. The molecule has 0 spiro atoms. The van der Waals surface area contributed by atoms with Crippen LogP contribution in [-0.4, -0.2) is 62.6 Å². The zero-order valence-electron chi connectivity index (χ0n) is 11.4. The quantitative estimate of drug-likeness (QED) is 0.734. The molecule has 1 atom stereocenters. The average molecular weight is 281 g/mol. The molecular weight excluding hydrogens is 262 g/mol. The van der Waals surface area contributed by atoms with Crippen LogP contribution in [0.3, 0.4) is 0 Å². The van der Waals surface area contributed by atoms with E-state index in [1.807, 2.05) is 11.8 Å². The van der Waals surface area contributed by atoms with Crippen molar-refractivity contribution in [2.24, 2.45) is 0 Å². The minimum absolute atomic E-state index is 0.0776. The fourth-order valence-electron chi connectivity index (χ4n) is 2.20. The van der Waals surface area contributed by atoms with Crippen LogP contribution in [0, 0.1) is 0 Å². The molecule has 0 bridgehead atoms.